The lowest BCUT2D eigenvalue weighted by Crippen LogP contribution is -2.41. The Bertz CT molecular complexity index is 374. The normalized spacial score (nSPS) is 12.4. The summed E-state index contributed by atoms with van der Waals surface area (Å²) >= 11 is 0. The molecule has 4 nitrogen and oxygen atoms in total. The van der Waals surface area contributed by atoms with Gasteiger partial charge in [-0.1, -0.05) is 25.1 Å². The van der Waals surface area contributed by atoms with Crippen molar-refractivity contribution < 1.29 is 4.79 Å². The van der Waals surface area contributed by atoms with Gasteiger partial charge in [-0.3, -0.25) is 4.79 Å². The standard InChI is InChI=1S/C14H23N3O.2ClH/c1-11(12(2)15)14(18)16-9-10-17(3)13-7-5-4-6-8-13;;/h4-8,11-12H,9-10,15H2,1-3H3,(H,16,18);2*1H. The van der Waals surface area contributed by atoms with Crippen molar-refractivity contribution in [3.8, 4) is 0 Å². The van der Waals surface area contributed by atoms with Crippen LogP contribution in [0, 0.1) is 5.92 Å². The van der Waals surface area contributed by atoms with Crippen LogP contribution in [0.25, 0.3) is 0 Å². The maximum Gasteiger partial charge on any atom is 0.224 e. The first-order chi connectivity index (χ1) is 8.52. The van der Waals surface area contributed by atoms with E-state index in [0.29, 0.717) is 6.54 Å². The summed E-state index contributed by atoms with van der Waals surface area (Å²) in [7, 11) is 2.01. The lowest BCUT2D eigenvalue weighted by atomic mass is 10.0. The predicted molar refractivity (Wildman–Crippen MR) is 90.0 cm³/mol. The molecule has 1 aromatic carbocycles. The van der Waals surface area contributed by atoms with Crippen molar-refractivity contribution in [3.63, 3.8) is 0 Å². The van der Waals surface area contributed by atoms with Crippen molar-refractivity contribution in [2.75, 3.05) is 25.0 Å². The van der Waals surface area contributed by atoms with Crippen LogP contribution < -0.4 is 16.0 Å². The zero-order valence-electron chi connectivity index (χ0n) is 12.2. The molecule has 0 aliphatic rings. The fraction of sp³-hybridized carbons (Fsp3) is 0.500. The van der Waals surface area contributed by atoms with Gasteiger partial charge in [0.1, 0.15) is 0 Å². The molecule has 0 saturated heterocycles. The summed E-state index contributed by atoms with van der Waals surface area (Å²) in [5.74, 6) is -0.126. The maximum absolute atomic E-state index is 11.7. The van der Waals surface area contributed by atoms with Gasteiger partial charge in [0.25, 0.3) is 0 Å². The van der Waals surface area contributed by atoms with E-state index in [1.807, 2.05) is 51.2 Å². The highest BCUT2D eigenvalue weighted by Gasteiger charge is 2.16. The second-order valence-electron chi connectivity index (χ2n) is 4.70. The molecule has 3 N–H and O–H groups in total. The number of benzene rings is 1. The molecule has 116 valence electrons. The molecule has 0 bridgehead atoms. The van der Waals surface area contributed by atoms with E-state index in [4.69, 9.17) is 5.73 Å². The molecule has 1 rings (SSSR count). The fourth-order valence-electron chi connectivity index (χ4n) is 1.56. The Hall–Kier alpha value is -0.970. The molecule has 0 aliphatic heterocycles. The van der Waals surface area contributed by atoms with Crippen molar-refractivity contribution in [1.29, 1.82) is 0 Å². The van der Waals surface area contributed by atoms with Gasteiger partial charge in [-0.2, -0.15) is 0 Å². The summed E-state index contributed by atoms with van der Waals surface area (Å²) in [5, 5.41) is 2.90. The Kier molecular flexibility index (Phi) is 11.5. The maximum atomic E-state index is 11.7. The van der Waals surface area contributed by atoms with Crippen molar-refractivity contribution >= 4 is 36.4 Å². The first kappa shape index (κ1) is 21.3. The van der Waals surface area contributed by atoms with E-state index in [2.05, 4.69) is 10.2 Å². The molecule has 0 fully saturated rings. The Labute approximate surface area is 133 Å². The number of para-hydroxylation sites is 1. The number of amides is 1. The van der Waals surface area contributed by atoms with E-state index in [9.17, 15) is 4.79 Å². The Morgan fingerprint density at radius 1 is 1.25 bits per heavy atom. The monoisotopic (exact) mass is 321 g/mol. The Balaban J connectivity index is 0. The van der Waals surface area contributed by atoms with Gasteiger partial charge in [-0.25, -0.2) is 0 Å². The molecule has 0 radical (unpaired) electrons. The largest absolute Gasteiger partial charge is 0.373 e. The van der Waals surface area contributed by atoms with Crippen LogP contribution in [0.4, 0.5) is 5.69 Å². The van der Waals surface area contributed by atoms with E-state index in [-0.39, 0.29) is 42.7 Å². The molecule has 0 aromatic heterocycles. The van der Waals surface area contributed by atoms with Gasteiger partial charge in [0.15, 0.2) is 0 Å². The molecule has 2 atom stereocenters. The van der Waals surface area contributed by atoms with Gasteiger partial charge in [0, 0.05) is 37.8 Å². The van der Waals surface area contributed by atoms with E-state index >= 15 is 0 Å². The molecule has 0 aliphatic carbocycles. The zero-order valence-corrected chi connectivity index (χ0v) is 13.8. The summed E-state index contributed by atoms with van der Waals surface area (Å²) in [6.45, 7) is 5.10. The molecule has 0 spiro atoms. The van der Waals surface area contributed by atoms with Crippen LogP contribution >= 0.6 is 24.8 Å². The fourth-order valence-corrected chi connectivity index (χ4v) is 1.56. The van der Waals surface area contributed by atoms with Gasteiger partial charge in [0.2, 0.25) is 5.91 Å². The molecule has 6 heteroatoms. The van der Waals surface area contributed by atoms with Gasteiger partial charge in [0.05, 0.1) is 0 Å². The van der Waals surface area contributed by atoms with Crippen LogP contribution in [0.1, 0.15) is 13.8 Å². The number of nitrogens with zero attached hydrogens (tertiary/aromatic N) is 1. The summed E-state index contributed by atoms with van der Waals surface area (Å²) in [6, 6.07) is 9.98. The smallest absolute Gasteiger partial charge is 0.224 e. The molecule has 0 saturated carbocycles. The SMILES string of the molecule is CC(N)C(C)C(=O)NCCN(C)c1ccccc1.Cl.Cl. The topological polar surface area (TPSA) is 58.4 Å². The molecule has 1 aromatic rings. The van der Waals surface area contributed by atoms with Crippen LogP contribution in [0.15, 0.2) is 30.3 Å². The average molecular weight is 322 g/mol. The molecular formula is C14H25Cl2N3O. The summed E-state index contributed by atoms with van der Waals surface area (Å²) in [4.78, 5) is 13.8. The van der Waals surface area contributed by atoms with E-state index < -0.39 is 0 Å². The van der Waals surface area contributed by atoms with Crippen molar-refractivity contribution in [3.05, 3.63) is 30.3 Å². The van der Waals surface area contributed by atoms with Crippen LogP contribution in [0.2, 0.25) is 0 Å². The Morgan fingerprint density at radius 3 is 2.30 bits per heavy atom. The van der Waals surface area contributed by atoms with Gasteiger partial charge in [-0.05, 0) is 19.1 Å². The van der Waals surface area contributed by atoms with Crippen molar-refractivity contribution in [1.82, 2.24) is 5.32 Å². The molecular weight excluding hydrogens is 297 g/mol. The predicted octanol–water partition coefficient (Wildman–Crippen LogP) is 2.07. The van der Waals surface area contributed by atoms with Gasteiger partial charge < -0.3 is 16.0 Å². The van der Waals surface area contributed by atoms with Crippen molar-refractivity contribution in [2.24, 2.45) is 11.7 Å². The number of carbonyl (C=O) groups excluding carboxylic acids is 1. The number of halogens is 2. The van der Waals surface area contributed by atoms with Crippen LogP contribution in [0.3, 0.4) is 0 Å². The van der Waals surface area contributed by atoms with Crippen LogP contribution in [-0.4, -0.2) is 32.1 Å². The second-order valence-corrected chi connectivity index (χ2v) is 4.70. The van der Waals surface area contributed by atoms with E-state index in [1.54, 1.807) is 0 Å². The highest BCUT2D eigenvalue weighted by molar-refractivity contribution is 5.85. The first-order valence-corrected chi connectivity index (χ1v) is 6.32. The zero-order chi connectivity index (χ0) is 13.5. The number of hydrogen-bond acceptors (Lipinski definition) is 3. The summed E-state index contributed by atoms with van der Waals surface area (Å²) in [6.07, 6.45) is 0. The highest BCUT2D eigenvalue weighted by Crippen LogP contribution is 2.09. The molecule has 2 unspecified atom stereocenters. The van der Waals surface area contributed by atoms with Gasteiger partial charge >= 0.3 is 0 Å². The van der Waals surface area contributed by atoms with E-state index in [0.717, 1.165) is 12.2 Å². The van der Waals surface area contributed by atoms with Crippen LogP contribution in [-0.2, 0) is 4.79 Å². The molecule has 1 amide bonds. The Morgan fingerprint density at radius 2 is 1.80 bits per heavy atom. The molecule has 20 heavy (non-hydrogen) atoms. The minimum absolute atomic E-state index is 0. The van der Waals surface area contributed by atoms with Crippen molar-refractivity contribution in [2.45, 2.75) is 19.9 Å². The number of nitrogens with two attached hydrogens (primary N) is 1. The third kappa shape index (κ3) is 6.98. The number of hydrogen-bond donors (Lipinski definition) is 2. The van der Waals surface area contributed by atoms with Gasteiger partial charge in [-0.15, -0.1) is 24.8 Å². The number of rotatable bonds is 6. The number of anilines is 1. The van der Waals surface area contributed by atoms with Crippen LogP contribution in [0.5, 0.6) is 0 Å². The third-order valence-electron chi connectivity index (χ3n) is 3.15. The summed E-state index contributed by atoms with van der Waals surface area (Å²) in [5.41, 5.74) is 6.83. The quantitative estimate of drug-likeness (QED) is 0.843. The average Bonchev–Trinajstić information content (AvgIpc) is 2.38. The number of likely N-dealkylation sites (N-methyl/N-ethyl adjacent to an activating group) is 1. The number of carbonyl (C=O) groups is 1. The minimum atomic E-state index is -0.146. The molecule has 0 heterocycles. The minimum Gasteiger partial charge on any atom is -0.373 e. The second kappa shape index (κ2) is 10.8. The lowest BCUT2D eigenvalue weighted by molar-refractivity contribution is -0.124. The lowest BCUT2D eigenvalue weighted by Gasteiger charge is -2.21. The summed E-state index contributed by atoms with van der Waals surface area (Å²) < 4.78 is 0. The van der Waals surface area contributed by atoms with E-state index in [1.165, 1.54) is 0 Å². The first-order valence-electron chi connectivity index (χ1n) is 6.32. The number of nitrogens with one attached hydrogen (secondary N) is 1. The third-order valence-corrected chi connectivity index (χ3v) is 3.15. The highest BCUT2D eigenvalue weighted by atomic mass is 35.5.